The number of amides is 2. The Kier molecular flexibility index (Phi) is 7.67. The van der Waals surface area contributed by atoms with Crippen molar-refractivity contribution >= 4 is 41.5 Å². The topological polar surface area (TPSA) is 84.7 Å². The minimum absolute atomic E-state index is 0. The summed E-state index contributed by atoms with van der Waals surface area (Å²) in [7, 11) is 2.97. The lowest BCUT2D eigenvalue weighted by Crippen LogP contribution is -2.46. The number of nitrogens with zero attached hydrogens (tertiary/aromatic N) is 1. The number of ether oxygens (including phenoxy) is 1. The maximum absolute atomic E-state index is 12.5. The second-order valence-electron chi connectivity index (χ2n) is 6.03. The molecule has 130 valence electrons. The van der Waals surface area contributed by atoms with Crippen LogP contribution in [-0.2, 0) is 4.79 Å². The van der Waals surface area contributed by atoms with E-state index in [1.807, 2.05) is 20.8 Å². The van der Waals surface area contributed by atoms with Gasteiger partial charge in [-0.1, -0.05) is 11.6 Å². The van der Waals surface area contributed by atoms with Crippen molar-refractivity contribution in [1.82, 2.24) is 10.2 Å². The molecule has 0 aliphatic rings. The SMILES string of the molecule is COc1cc(N)c(Cl)cc1C(=O)N(C)CC(=O)NC(C)(C)C.Cl. The Bertz CT molecular complexity index is 586. The van der Waals surface area contributed by atoms with Gasteiger partial charge in [-0.2, -0.15) is 0 Å². The number of methoxy groups -OCH3 is 1. The minimum atomic E-state index is -0.372. The first-order valence-electron chi connectivity index (χ1n) is 6.74. The van der Waals surface area contributed by atoms with Crippen molar-refractivity contribution in [2.24, 2.45) is 0 Å². The van der Waals surface area contributed by atoms with Gasteiger partial charge in [-0.3, -0.25) is 9.59 Å². The molecule has 8 heteroatoms. The van der Waals surface area contributed by atoms with Crippen LogP contribution in [0.25, 0.3) is 0 Å². The lowest BCUT2D eigenvalue weighted by molar-refractivity contribution is -0.122. The molecule has 0 heterocycles. The highest BCUT2D eigenvalue weighted by atomic mass is 35.5. The molecular weight excluding hydrogens is 341 g/mol. The van der Waals surface area contributed by atoms with Gasteiger partial charge >= 0.3 is 0 Å². The van der Waals surface area contributed by atoms with Crippen LogP contribution in [0.1, 0.15) is 31.1 Å². The van der Waals surface area contributed by atoms with E-state index in [0.29, 0.717) is 11.4 Å². The zero-order valence-electron chi connectivity index (χ0n) is 13.9. The fraction of sp³-hybridized carbons (Fsp3) is 0.467. The van der Waals surface area contributed by atoms with E-state index in [1.54, 1.807) is 0 Å². The number of benzene rings is 1. The Morgan fingerprint density at radius 2 is 1.91 bits per heavy atom. The molecule has 1 aromatic rings. The van der Waals surface area contributed by atoms with Crippen LogP contribution in [0.5, 0.6) is 5.75 Å². The van der Waals surface area contributed by atoms with E-state index < -0.39 is 0 Å². The molecule has 0 atom stereocenters. The molecule has 0 aliphatic heterocycles. The molecule has 0 saturated carbocycles. The van der Waals surface area contributed by atoms with Crippen molar-refractivity contribution in [2.45, 2.75) is 26.3 Å². The molecule has 0 aromatic heterocycles. The van der Waals surface area contributed by atoms with Crippen molar-refractivity contribution in [3.63, 3.8) is 0 Å². The van der Waals surface area contributed by atoms with Crippen LogP contribution in [0.15, 0.2) is 12.1 Å². The van der Waals surface area contributed by atoms with Gasteiger partial charge in [-0.05, 0) is 26.8 Å². The van der Waals surface area contributed by atoms with Gasteiger partial charge in [0, 0.05) is 18.7 Å². The van der Waals surface area contributed by atoms with E-state index in [9.17, 15) is 9.59 Å². The fourth-order valence-electron chi connectivity index (χ4n) is 1.86. The highest BCUT2D eigenvalue weighted by molar-refractivity contribution is 6.33. The molecule has 0 radical (unpaired) electrons. The zero-order chi connectivity index (χ0) is 17.1. The normalized spacial score (nSPS) is 10.5. The molecule has 1 aromatic carbocycles. The zero-order valence-corrected chi connectivity index (χ0v) is 15.5. The number of nitrogens with one attached hydrogen (secondary N) is 1. The number of rotatable bonds is 4. The molecule has 6 nitrogen and oxygen atoms in total. The van der Waals surface area contributed by atoms with E-state index in [0.717, 1.165) is 0 Å². The van der Waals surface area contributed by atoms with Crippen molar-refractivity contribution in [3.05, 3.63) is 22.7 Å². The van der Waals surface area contributed by atoms with Gasteiger partial charge in [0.25, 0.3) is 5.91 Å². The summed E-state index contributed by atoms with van der Waals surface area (Å²) in [5.74, 6) is -0.304. The predicted molar refractivity (Wildman–Crippen MR) is 94.5 cm³/mol. The molecule has 0 unspecified atom stereocenters. The summed E-state index contributed by atoms with van der Waals surface area (Å²) in [5.41, 5.74) is 5.91. The Balaban J connectivity index is 0.00000484. The van der Waals surface area contributed by atoms with E-state index in [-0.39, 0.29) is 46.9 Å². The Hall–Kier alpha value is -1.66. The summed E-state index contributed by atoms with van der Waals surface area (Å²) in [6.07, 6.45) is 0. The molecule has 1 rings (SSSR count). The largest absolute Gasteiger partial charge is 0.496 e. The number of carbonyl (C=O) groups is 2. The number of likely N-dealkylation sites (N-methyl/N-ethyl adjacent to an activating group) is 1. The van der Waals surface area contributed by atoms with Crippen molar-refractivity contribution < 1.29 is 14.3 Å². The van der Waals surface area contributed by atoms with E-state index >= 15 is 0 Å². The molecule has 0 bridgehead atoms. The maximum atomic E-state index is 12.5. The predicted octanol–water partition coefficient (Wildman–Crippen LogP) is 2.34. The number of anilines is 1. The average Bonchev–Trinajstić information content (AvgIpc) is 2.38. The van der Waals surface area contributed by atoms with E-state index in [2.05, 4.69) is 5.32 Å². The first-order chi connectivity index (χ1) is 10.0. The summed E-state index contributed by atoms with van der Waals surface area (Å²) in [4.78, 5) is 25.7. The first-order valence-corrected chi connectivity index (χ1v) is 7.12. The fourth-order valence-corrected chi connectivity index (χ4v) is 2.02. The second kappa shape index (κ2) is 8.26. The summed E-state index contributed by atoms with van der Waals surface area (Å²) in [6, 6.07) is 2.93. The van der Waals surface area contributed by atoms with Crippen LogP contribution in [0.2, 0.25) is 5.02 Å². The molecule has 0 aliphatic carbocycles. The van der Waals surface area contributed by atoms with Gasteiger partial charge in [0.15, 0.2) is 0 Å². The summed E-state index contributed by atoms with van der Waals surface area (Å²) in [5, 5.41) is 3.06. The highest BCUT2D eigenvalue weighted by Crippen LogP contribution is 2.29. The van der Waals surface area contributed by atoms with Gasteiger partial charge in [0.05, 0.1) is 29.9 Å². The maximum Gasteiger partial charge on any atom is 0.257 e. The third kappa shape index (κ3) is 6.15. The van der Waals surface area contributed by atoms with Crippen LogP contribution in [-0.4, -0.2) is 43.0 Å². The standard InChI is InChI=1S/C15H22ClN3O3.ClH/c1-15(2,3)18-13(20)8-19(4)14(21)9-6-10(16)11(17)7-12(9)22-5;/h6-7H,8,17H2,1-5H3,(H,18,20);1H. The van der Waals surface area contributed by atoms with Gasteiger partial charge in [0.2, 0.25) is 5.91 Å². The average molecular weight is 364 g/mol. The van der Waals surface area contributed by atoms with Crippen molar-refractivity contribution in [1.29, 1.82) is 0 Å². The number of carbonyl (C=O) groups excluding carboxylic acids is 2. The Labute approximate surface area is 147 Å². The van der Waals surface area contributed by atoms with E-state index in [4.69, 9.17) is 22.1 Å². The molecular formula is C15H23Cl2N3O3. The van der Waals surface area contributed by atoms with Crippen molar-refractivity contribution in [2.75, 3.05) is 26.4 Å². The number of nitrogens with two attached hydrogens (primary N) is 1. The van der Waals surface area contributed by atoms with Gasteiger partial charge < -0.3 is 20.7 Å². The number of hydrogen-bond donors (Lipinski definition) is 2. The third-order valence-electron chi connectivity index (χ3n) is 2.79. The van der Waals surface area contributed by atoms with Gasteiger partial charge in [0.1, 0.15) is 5.75 Å². The van der Waals surface area contributed by atoms with Crippen LogP contribution in [0, 0.1) is 0 Å². The summed E-state index contributed by atoms with van der Waals surface area (Å²) in [6.45, 7) is 5.54. The lowest BCUT2D eigenvalue weighted by atomic mass is 10.1. The van der Waals surface area contributed by atoms with Crippen LogP contribution < -0.4 is 15.8 Å². The minimum Gasteiger partial charge on any atom is -0.496 e. The molecule has 23 heavy (non-hydrogen) atoms. The Morgan fingerprint density at radius 1 is 1.35 bits per heavy atom. The lowest BCUT2D eigenvalue weighted by Gasteiger charge is -2.24. The monoisotopic (exact) mass is 363 g/mol. The molecule has 2 amide bonds. The summed E-state index contributed by atoms with van der Waals surface area (Å²) >= 11 is 5.95. The van der Waals surface area contributed by atoms with Gasteiger partial charge in [-0.15, -0.1) is 12.4 Å². The molecule has 0 spiro atoms. The second-order valence-corrected chi connectivity index (χ2v) is 6.44. The Morgan fingerprint density at radius 3 is 2.39 bits per heavy atom. The number of hydrogen-bond acceptors (Lipinski definition) is 4. The van der Waals surface area contributed by atoms with Crippen LogP contribution >= 0.6 is 24.0 Å². The first kappa shape index (κ1) is 21.3. The van der Waals surface area contributed by atoms with Gasteiger partial charge in [-0.25, -0.2) is 0 Å². The summed E-state index contributed by atoms with van der Waals surface area (Å²) < 4.78 is 5.15. The quantitative estimate of drug-likeness (QED) is 0.804. The number of nitrogen functional groups attached to an aromatic ring is 1. The molecule has 0 fully saturated rings. The molecule has 3 N–H and O–H groups in total. The van der Waals surface area contributed by atoms with Crippen molar-refractivity contribution in [3.8, 4) is 5.75 Å². The molecule has 0 saturated heterocycles. The smallest absolute Gasteiger partial charge is 0.257 e. The third-order valence-corrected chi connectivity index (χ3v) is 3.12. The number of halogens is 2. The van der Waals surface area contributed by atoms with E-state index in [1.165, 1.54) is 31.2 Å². The van der Waals surface area contributed by atoms with Crippen LogP contribution in [0.4, 0.5) is 5.69 Å². The highest BCUT2D eigenvalue weighted by Gasteiger charge is 2.22. The van der Waals surface area contributed by atoms with Crippen LogP contribution in [0.3, 0.4) is 0 Å².